The zero-order valence-electron chi connectivity index (χ0n) is 4.73. The monoisotopic (exact) mass is 121 g/mol. The molecule has 0 aromatic rings. The first kappa shape index (κ1) is 7.27. The Morgan fingerprint density at radius 2 is 2.43 bits per heavy atom. The number of hydrogen-bond donors (Lipinski definition) is 1. The fraction of sp³-hybridized carbons (Fsp3) is 1.00. The molecule has 0 aromatic heterocycles. The molecule has 3 heteroatoms. The van der Waals surface area contributed by atoms with Crippen molar-refractivity contribution in [2.45, 2.75) is 0 Å². The van der Waals surface area contributed by atoms with Gasteiger partial charge in [0.05, 0.1) is 6.61 Å². The maximum absolute atomic E-state index is 4.80. The molecule has 7 heavy (non-hydrogen) atoms. The molecule has 0 rings (SSSR count). The highest BCUT2D eigenvalue weighted by molar-refractivity contribution is 7.98. The molecule has 0 amide bonds. The summed E-state index contributed by atoms with van der Waals surface area (Å²) in [7, 11) is 1.76. The van der Waals surface area contributed by atoms with E-state index in [0.29, 0.717) is 0 Å². The van der Waals surface area contributed by atoms with Crippen LogP contribution in [0.5, 0.6) is 0 Å². The average Bonchev–Trinajstić information content (AvgIpc) is 1.69. The molecule has 0 heterocycles. The van der Waals surface area contributed by atoms with E-state index in [1.165, 1.54) is 0 Å². The first-order chi connectivity index (χ1) is 3.41. The lowest BCUT2D eigenvalue weighted by Gasteiger charge is -1.95. The highest BCUT2D eigenvalue weighted by atomic mass is 32.2. The van der Waals surface area contributed by atoms with Crippen molar-refractivity contribution in [2.24, 2.45) is 0 Å². The summed E-state index contributed by atoms with van der Waals surface area (Å²) in [6.45, 7) is 0.789. The van der Waals surface area contributed by atoms with Crippen molar-refractivity contribution in [2.75, 3.05) is 25.7 Å². The summed E-state index contributed by atoms with van der Waals surface area (Å²) in [6, 6.07) is 0. The van der Waals surface area contributed by atoms with Gasteiger partial charge in [0.1, 0.15) is 0 Å². The second-order valence-electron chi connectivity index (χ2n) is 1.05. The number of rotatable bonds is 4. The molecule has 0 saturated heterocycles. The Bertz CT molecular complexity index is 30.9. The molecule has 0 aliphatic heterocycles. The van der Waals surface area contributed by atoms with Crippen LogP contribution in [0, 0.1) is 0 Å². The van der Waals surface area contributed by atoms with E-state index < -0.39 is 0 Å². The molecule has 0 radical (unpaired) electrons. The van der Waals surface area contributed by atoms with Crippen molar-refractivity contribution in [3.05, 3.63) is 0 Å². The molecule has 0 aliphatic carbocycles. The van der Waals surface area contributed by atoms with Crippen LogP contribution < -0.4 is 5.48 Å². The lowest BCUT2D eigenvalue weighted by molar-refractivity contribution is 0.0708. The van der Waals surface area contributed by atoms with Crippen molar-refractivity contribution in [1.82, 2.24) is 5.48 Å². The van der Waals surface area contributed by atoms with Crippen LogP contribution in [-0.4, -0.2) is 25.7 Å². The topological polar surface area (TPSA) is 21.3 Å². The molecule has 0 saturated carbocycles. The normalized spacial score (nSPS) is 9.43. The van der Waals surface area contributed by atoms with Gasteiger partial charge in [0, 0.05) is 12.8 Å². The average molecular weight is 121 g/mol. The fourth-order valence-electron chi connectivity index (χ4n) is 0.227. The van der Waals surface area contributed by atoms with Crippen LogP contribution in [0.1, 0.15) is 0 Å². The molecule has 0 unspecified atom stereocenters. The van der Waals surface area contributed by atoms with E-state index in [1.54, 1.807) is 18.8 Å². The maximum atomic E-state index is 4.80. The van der Waals surface area contributed by atoms with E-state index in [9.17, 15) is 0 Å². The highest BCUT2D eigenvalue weighted by Gasteiger charge is 1.78. The summed E-state index contributed by atoms with van der Waals surface area (Å²) in [6.07, 6.45) is 2.05. The minimum atomic E-state index is 0.789. The third-order valence-electron chi connectivity index (χ3n) is 0.534. The smallest absolute Gasteiger partial charge is 0.0772 e. The fourth-order valence-corrected chi connectivity index (χ4v) is 0.477. The number of thioether (sulfide) groups is 1. The van der Waals surface area contributed by atoms with Crippen LogP contribution in [0.25, 0.3) is 0 Å². The molecule has 2 nitrogen and oxygen atoms in total. The Labute approximate surface area is 48.6 Å². The Hall–Kier alpha value is 0.270. The van der Waals surface area contributed by atoms with Gasteiger partial charge in [-0.25, -0.2) is 5.48 Å². The van der Waals surface area contributed by atoms with Gasteiger partial charge in [-0.1, -0.05) is 0 Å². The zero-order valence-corrected chi connectivity index (χ0v) is 5.55. The summed E-state index contributed by atoms with van der Waals surface area (Å²) >= 11 is 1.78. The van der Waals surface area contributed by atoms with Crippen LogP contribution in [0.2, 0.25) is 0 Å². The van der Waals surface area contributed by atoms with Gasteiger partial charge in [-0.15, -0.1) is 0 Å². The minimum Gasteiger partial charge on any atom is -0.301 e. The third kappa shape index (κ3) is 6.27. The first-order valence-electron chi connectivity index (χ1n) is 2.19. The summed E-state index contributed by atoms with van der Waals surface area (Å²) in [5, 5.41) is 0. The second-order valence-corrected chi connectivity index (χ2v) is 2.03. The van der Waals surface area contributed by atoms with Gasteiger partial charge < -0.3 is 4.84 Å². The van der Waals surface area contributed by atoms with Crippen LogP contribution >= 0.6 is 11.8 Å². The molecule has 0 bridgehead atoms. The van der Waals surface area contributed by atoms with E-state index in [1.807, 2.05) is 0 Å². The number of nitrogens with one attached hydrogen (secondary N) is 1. The molecule has 0 fully saturated rings. The van der Waals surface area contributed by atoms with Crippen LogP contribution in [0.4, 0.5) is 0 Å². The van der Waals surface area contributed by atoms with Crippen molar-refractivity contribution >= 4 is 11.8 Å². The van der Waals surface area contributed by atoms with Gasteiger partial charge in [-0.3, -0.25) is 0 Å². The Kier molecular flexibility index (Phi) is 6.51. The molecule has 1 N–H and O–H groups in total. The predicted molar refractivity (Wildman–Crippen MR) is 33.4 cm³/mol. The summed E-state index contributed by atoms with van der Waals surface area (Å²) in [5.74, 6) is 1.06. The highest BCUT2D eigenvalue weighted by Crippen LogP contribution is 1.87. The van der Waals surface area contributed by atoms with E-state index in [4.69, 9.17) is 4.84 Å². The standard InChI is InChI=1S/C4H11NOS/c1-5-6-3-4-7-2/h5H,3-4H2,1-2H3. The van der Waals surface area contributed by atoms with E-state index in [0.717, 1.165) is 12.4 Å². The van der Waals surface area contributed by atoms with Crippen molar-refractivity contribution < 1.29 is 4.84 Å². The Morgan fingerprint density at radius 1 is 1.71 bits per heavy atom. The first-order valence-corrected chi connectivity index (χ1v) is 3.58. The molecular weight excluding hydrogens is 110 g/mol. The number of hydroxylamine groups is 1. The molecule has 0 aliphatic rings. The van der Waals surface area contributed by atoms with Crippen molar-refractivity contribution in [3.8, 4) is 0 Å². The van der Waals surface area contributed by atoms with E-state index >= 15 is 0 Å². The molecule has 0 spiro atoms. The molecule has 0 aromatic carbocycles. The van der Waals surface area contributed by atoms with Crippen LogP contribution in [-0.2, 0) is 4.84 Å². The second kappa shape index (κ2) is 6.27. The van der Waals surface area contributed by atoms with E-state index in [2.05, 4.69) is 11.7 Å². The van der Waals surface area contributed by atoms with Gasteiger partial charge >= 0.3 is 0 Å². The Morgan fingerprint density at radius 3 is 2.86 bits per heavy atom. The number of hydrogen-bond acceptors (Lipinski definition) is 3. The summed E-state index contributed by atoms with van der Waals surface area (Å²) in [5.41, 5.74) is 2.59. The Balaban J connectivity index is 2.45. The summed E-state index contributed by atoms with van der Waals surface area (Å²) in [4.78, 5) is 4.80. The van der Waals surface area contributed by atoms with E-state index in [-0.39, 0.29) is 0 Å². The zero-order chi connectivity index (χ0) is 5.54. The van der Waals surface area contributed by atoms with Crippen LogP contribution in [0.15, 0.2) is 0 Å². The van der Waals surface area contributed by atoms with Crippen LogP contribution in [0.3, 0.4) is 0 Å². The maximum Gasteiger partial charge on any atom is 0.0772 e. The predicted octanol–water partition coefficient (Wildman–Crippen LogP) is 0.500. The van der Waals surface area contributed by atoms with Gasteiger partial charge in [0.15, 0.2) is 0 Å². The summed E-state index contributed by atoms with van der Waals surface area (Å²) < 4.78 is 0. The SMILES string of the molecule is CNOCCSC. The van der Waals surface area contributed by atoms with Gasteiger partial charge in [-0.2, -0.15) is 11.8 Å². The molecular formula is C4H11NOS. The quantitative estimate of drug-likeness (QED) is 0.432. The van der Waals surface area contributed by atoms with Gasteiger partial charge in [0.25, 0.3) is 0 Å². The van der Waals surface area contributed by atoms with Crippen molar-refractivity contribution in [3.63, 3.8) is 0 Å². The van der Waals surface area contributed by atoms with Crippen molar-refractivity contribution in [1.29, 1.82) is 0 Å². The minimum absolute atomic E-state index is 0.789. The third-order valence-corrected chi connectivity index (χ3v) is 1.11. The largest absolute Gasteiger partial charge is 0.301 e. The molecule has 44 valence electrons. The van der Waals surface area contributed by atoms with Gasteiger partial charge in [-0.05, 0) is 6.26 Å². The molecule has 0 atom stereocenters. The van der Waals surface area contributed by atoms with Gasteiger partial charge in [0.2, 0.25) is 0 Å². The lowest BCUT2D eigenvalue weighted by Crippen LogP contribution is -2.09. The lowest BCUT2D eigenvalue weighted by atomic mass is 10.9.